The van der Waals surface area contributed by atoms with Gasteiger partial charge in [-0.05, 0) is 44.0 Å². The van der Waals surface area contributed by atoms with E-state index in [4.69, 9.17) is 0 Å². The molecule has 0 radical (unpaired) electrons. The molecule has 0 fully saturated rings. The summed E-state index contributed by atoms with van der Waals surface area (Å²) in [4.78, 5) is 29.9. The molecule has 29 heavy (non-hydrogen) atoms. The van der Waals surface area contributed by atoms with Crippen molar-refractivity contribution in [2.45, 2.75) is 20.8 Å². The number of carbonyl (C=O) groups excluding carboxylic acids is 1. The number of nitrogens with one attached hydrogen (secondary N) is 1. The van der Waals surface area contributed by atoms with E-state index in [1.165, 1.54) is 0 Å². The first kappa shape index (κ1) is 18.9. The van der Waals surface area contributed by atoms with Crippen molar-refractivity contribution >= 4 is 23.1 Å². The number of amides is 1. The smallest absolute Gasteiger partial charge is 0.258 e. The van der Waals surface area contributed by atoms with Crippen LogP contribution in [0.1, 0.15) is 26.5 Å². The minimum Gasteiger partial charge on any atom is -0.305 e. The topological polar surface area (TPSA) is 80.7 Å². The molecule has 1 amide bonds. The first-order valence-electron chi connectivity index (χ1n) is 9.09. The predicted molar refractivity (Wildman–Crippen MR) is 115 cm³/mol. The van der Waals surface area contributed by atoms with E-state index >= 15 is 0 Å². The second kappa shape index (κ2) is 7.89. The lowest BCUT2D eigenvalue weighted by Crippen LogP contribution is -2.14. The fraction of sp³-hybridized carbons (Fsp3) is 0.136. The highest BCUT2D eigenvalue weighted by molar-refractivity contribution is 7.09. The van der Waals surface area contributed by atoms with Crippen LogP contribution >= 0.6 is 11.3 Å². The van der Waals surface area contributed by atoms with Crippen molar-refractivity contribution in [2.24, 2.45) is 0 Å². The zero-order valence-corrected chi connectivity index (χ0v) is 17.1. The van der Waals surface area contributed by atoms with Gasteiger partial charge in [0.2, 0.25) is 0 Å². The Hall–Kier alpha value is -3.45. The Morgan fingerprint density at radius 3 is 2.52 bits per heavy atom. The Morgan fingerprint density at radius 2 is 1.83 bits per heavy atom. The molecule has 1 aromatic carbocycles. The van der Waals surface area contributed by atoms with Crippen LogP contribution in [0.2, 0.25) is 0 Å². The lowest BCUT2D eigenvalue weighted by molar-refractivity contribution is 0.102. The summed E-state index contributed by atoms with van der Waals surface area (Å²) in [7, 11) is 0. The molecular weight excluding hydrogens is 382 g/mol. The van der Waals surface area contributed by atoms with Gasteiger partial charge in [-0.1, -0.05) is 12.1 Å². The molecule has 0 saturated carbocycles. The third kappa shape index (κ3) is 4.05. The van der Waals surface area contributed by atoms with Gasteiger partial charge in [0.05, 0.1) is 34.4 Å². The van der Waals surface area contributed by atoms with Gasteiger partial charge in [-0.15, -0.1) is 11.3 Å². The SMILES string of the molecule is Cc1nc(-c2ccc(C)c(-c3cnc(NC(=O)c4cnccc4C)cn3)c2)cs1. The molecule has 4 rings (SSSR count). The number of thiazole rings is 1. The standard InChI is InChI=1S/C22H19N5OS/c1-13-4-5-16(20-12-29-15(3)26-20)8-17(13)19-10-25-21(11-24-19)27-22(28)18-9-23-7-6-14(18)2/h4-12H,1-3H3,(H,25,27,28). The lowest BCUT2D eigenvalue weighted by Gasteiger charge is -2.09. The van der Waals surface area contributed by atoms with Gasteiger partial charge >= 0.3 is 0 Å². The Bertz CT molecular complexity index is 1180. The van der Waals surface area contributed by atoms with Crippen molar-refractivity contribution in [2.75, 3.05) is 5.32 Å². The molecule has 0 spiro atoms. The third-order valence-electron chi connectivity index (χ3n) is 4.61. The van der Waals surface area contributed by atoms with Crippen molar-refractivity contribution in [1.82, 2.24) is 19.9 Å². The average molecular weight is 401 g/mol. The monoisotopic (exact) mass is 401 g/mol. The molecule has 0 atom stereocenters. The first-order valence-corrected chi connectivity index (χ1v) is 9.97. The lowest BCUT2D eigenvalue weighted by atomic mass is 10.0. The molecule has 0 aliphatic heterocycles. The fourth-order valence-electron chi connectivity index (χ4n) is 2.97. The van der Waals surface area contributed by atoms with Gasteiger partial charge in [0.15, 0.2) is 5.82 Å². The number of aryl methyl sites for hydroxylation is 3. The number of nitrogens with zero attached hydrogens (tertiary/aromatic N) is 4. The molecule has 144 valence electrons. The Balaban J connectivity index is 1.58. The summed E-state index contributed by atoms with van der Waals surface area (Å²) < 4.78 is 0. The zero-order valence-electron chi connectivity index (χ0n) is 16.3. The Morgan fingerprint density at radius 1 is 0.966 bits per heavy atom. The molecule has 3 aromatic heterocycles. The van der Waals surface area contributed by atoms with Crippen molar-refractivity contribution in [1.29, 1.82) is 0 Å². The van der Waals surface area contributed by atoms with Crippen LogP contribution in [-0.2, 0) is 0 Å². The molecule has 4 aromatic rings. The van der Waals surface area contributed by atoms with Crippen LogP contribution < -0.4 is 5.32 Å². The average Bonchev–Trinajstić information content (AvgIpc) is 3.16. The zero-order chi connectivity index (χ0) is 20.4. The van der Waals surface area contributed by atoms with E-state index < -0.39 is 0 Å². The maximum absolute atomic E-state index is 12.4. The summed E-state index contributed by atoms with van der Waals surface area (Å²) in [6, 6.07) is 7.99. The second-order valence-electron chi connectivity index (χ2n) is 6.71. The van der Waals surface area contributed by atoms with Crippen LogP contribution in [0.15, 0.2) is 54.4 Å². The van der Waals surface area contributed by atoms with Crippen molar-refractivity contribution in [3.8, 4) is 22.5 Å². The van der Waals surface area contributed by atoms with E-state index in [1.807, 2.05) is 20.8 Å². The van der Waals surface area contributed by atoms with Gasteiger partial charge in [-0.2, -0.15) is 0 Å². The molecule has 0 saturated heterocycles. The van der Waals surface area contributed by atoms with E-state index in [1.54, 1.807) is 42.2 Å². The van der Waals surface area contributed by atoms with E-state index in [-0.39, 0.29) is 5.91 Å². The quantitative estimate of drug-likeness (QED) is 0.529. The predicted octanol–water partition coefficient (Wildman–Crippen LogP) is 4.84. The van der Waals surface area contributed by atoms with E-state index in [0.29, 0.717) is 11.4 Å². The maximum Gasteiger partial charge on any atom is 0.258 e. The Kier molecular flexibility index (Phi) is 5.14. The highest BCUT2D eigenvalue weighted by Crippen LogP contribution is 2.29. The van der Waals surface area contributed by atoms with Crippen LogP contribution in [0.4, 0.5) is 5.82 Å². The van der Waals surface area contributed by atoms with E-state index in [9.17, 15) is 4.79 Å². The summed E-state index contributed by atoms with van der Waals surface area (Å²) in [6.45, 7) is 5.90. The summed E-state index contributed by atoms with van der Waals surface area (Å²) >= 11 is 1.63. The highest BCUT2D eigenvalue weighted by atomic mass is 32.1. The highest BCUT2D eigenvalue weighted by Gasteiger charge is 2.12. The number of benzene rings is 1. The first-order chi connectivity index (χ1) is 14.0. The second-order valence-corrected chi connectivity index (χ2v) is 7.78. The fourth-order valence-corrected chi connectivity index (χ4v) is 3.59. The maximum atomic E-state index is 12.4. The van der Waals surface area contributed by atoms with Gasteiger partial charge in [0.25, 0.3) is 5.91 Å². The molecule has 6 nitrogen and oxygen atoms in total. The summed E-state index contributed by atoms with van der Waals surface area (Å²) in [5.41, 5.74) is 6.19. The third-order valence-corrected chi connectivity index (χ3v) is 5.38. The van der Waals surface area contributed by atoms with Gasteiger partial charge in [0, 0.05) is 28.9 Å². The summed E-state index contributed by atoms with van der Waals surface area (Å²) in [5.74, 6) is 0.140. The number of aromatic nitrogens is 4. The summed E-state index contributed by atoms with van der Waals surface area (Å²) in [5, 5.41) is 5.85. The molecular formula is C22H19N5OS. The van der Waals surface area contributed by atoms with E-state index in [0.717, 1.165) is 38.6 Å². The van der Waals surface area contributed by atoms with Gasteiger partial charge < -0.3 is 5.32 Å². The number of anilines is 1. The molecule has 0 bridgehead atoms. The van der Waals surface area contributed by atoms with Gasteiger partial charge in [-0.25, -0.2) is 9.97 Å². The number of pyridine rings is 1. The minimum absolute atomic E-state index is 0.255. The van der Waals surface area contributed by atoms with Crippen LogP contribution in [-0.4, -0.2) is 25.8 Å². The number of hydrogen-bond acceptors (Lipinski definition) is 6. The van der Waals surface area contributed by atoms with Crippen molar-refractivity contribution in [3.05, 3.63) is 76.1 Å². The molecule has 1 N–H and O–H groups in total. The molecule has 0 unspecified atom stereocenters. The van der Waals surface area contributed by atoms with Crippen LogP contribution in [0, 0.1) is 20.8 Å². The van der Waals surface area contributed by atoms with Gasteiger partial charge in [0.1, 0.15) is 0 Å². The normalized spacial score (nSPS) is 10.7. The summed E-state index contributed by atoms with van der Waals surface area (Å²) in [6.07, 6.45) is 6.44. The Labute approximate surface area is 172 Å². The molecule has 3 heterocycles. The van der Waals surface area contributed by atoms with Crippen LogP contribution in [0.25, 0.3) is 22.5 Å². The van der Waals surface area contributed by atoms with Crippen molar-refractivity contribution in [3.63, 3.8) is 0 Å². The number of carbonyl (C=O) groups is 1. The molecule has 0 aliphatic rings. The van der Waals surface area contributed by atoms with Gasteiger partial charge in [-0.3, -0.25) is 14.8 Å². The molecule has 7 heteroatoms. The van der Waals surface area contributed by atoms with Crippen LogP contribution in [0.5, 0.6) is 0 Å². The van der Waals surface area contributed by atoms with Crippen LogP contribution in [0.3, 0.4) is 0 Å². The largest absolute Gasteiger partial charge is 0.305 e. The number of rotatable bonds is 4. The molecule has 0 aliphatic carbocycles. The van der Waals surface area contributed by atoms with Crippen molar-refractivity contribution < 1.29 is 4.79 Å². The minimum atomic E-state index is -0.255. The van der Waals surface area contributed by atoms with E-state index in [2.05, 4.69) is 48.8 Å². The number of hydrogen-bond donors (Lipinski definition) is 1.